The Balaban J connectivity index is 2.64. The molecule has 0 atom stereocenters. The molecule has 8 heteroatoms. The number of sulfone groups is 1. The fourth-order valence-corrected chi connectivity index (χ4v) is 2.18. The van der Waals surface area contributed by atoms with Crippen LogP contribution < -0.4 is 5.73 Å². The number of nitrogen functional groups attached to an aromatic ring is 1. The topological polar surface area (TPSA) is 106 Å². The fraction of sp³-hybridized carbons (Fsp3) is 0.100. The molecule has 0 saturated heterocycles. The van der Waals surface area contributed by atoms with Gasteiger partial charge in [-0.3, -0.25) is 0 Å². The minimum absolute atomic E-state index is 0.0240. The van der Waals surface area contributed by atoms with E-state index in [1.807, 2.05) is 0 Å². The van der Waals surface area contributed by atoms with Gasteiger partial charge in [-0.1, -0.05) is 5.16 Å². The van der Waals surface area contributed by atoms with E-state index in [9.17, 15) is 17.9 Å². The fourth-order valence-electron chi connectivity index (χ4n) is 1.44. The molecule has 0 aliphatic heterocycles. The number of phenols is 1. The highest BCUT2D eigenvalue weighted by atomic mass is 32.2. The van der Waals surface area contributed by atoms with E-state index in [1.54, 1.807) is 0 Å². The third kappa shape index (κ3) is 2.14. The lowest BCUT2D eigenvalue weighted by Gasteiger charge is -2.05. The minimum Gasteiger partial charge on any atom is -0.507 e. The van der Waals surface area contributed by atoms with Gasteiger partial charge in [-0.05, 0) is 6.07 Å². The third-order valence-electron chi connectivity index (χ3n) is 2.24. The lowest BCUT2D eigenvalue weighted by molar-refractivity contribution is 0.427. The number of hydrogen-bond donors (Lipinski definition) is 2. The van der Waals surface area contributed by atoms with Gasteiger partial charge in [-0.15, -0.1) is 0 Å². The summed E-state index contributed by atoms with van der Waals surface area (Å²) >= 11 is 0. The van der Waals surface area contributed by atoms with Gasteiger partial charge in [-0.25, -0.2) is 12.8 Å². The largest absolute Gasteiger partial charge is 0.507 e. The van der Waals surface area contributed by atoms with Crippen LogP contribution in [0.1, 0.15) is 0 Å². The molecular weight excluding hydrogens is 263 g/mol. The molecule has 96 valence electrons. The molecule has 0 amide bonds. The van der Waals surface area contributed by atoms with Crippen LogP contribution in [0.5, 0.6) is 5.75 Å². The maximum Gasteiger partial charge on any atom is 0.178 e. The minimum atomic E-state index is -3.76. The van der Waals surface area contributed by atoms with Crippen LogP contribution in [0.2, 0.25) is 0 Å². The molecule has 0 aliphatic carbocycles. The first-order valence-corrected chi connectivity index (χ1v) is 6.63. The lowest BCUT2D eigenvalue weighted by atomic mass is 10.1. The van der Waals surface area contributed by atoms with Crippen molar-refractivity contribution in [1.29, 1.82) is 0 Å². The molecule has 6 nitrogen and oxygen atoms in total. The highest BCUT2D eigenvalue weighted by Gasteiger charge is 2.19. The Labute approximate surface area is 102 Å². The normalized spacial score (nSPS) is 11.7. The summed E-state index contributed by atoms with van der Waals surface area (Å²) < 4.78 is 40.9. The number of aromatic nitrogens is 1. The summed E-state index contributed by atoms with van der Waals surface area (Å²) in [6, 6.07) is 2.96. The van der Waals surface area contributed by atoms with Gasteiger partial charge in [0, 0.05) is 18.4 Å². The van der Waals surface area contributed by atoms with Crippen molar-refractivity contribution in [2.24, 2.45) is 0 Å². The molecular formula is C10H9FN2O4S. The molecule has 0 fully saturated rings. The third-order valence-corrected chi connectivity index (χ3v) is 3.36. The summed E-state index contributed by atoms with van der Waals surface area (Å²) in [5.41, 5.74) is 5.30. The van der Waals surface area contributed by atoms with E-state index in [0.29, 0.717) is 0 Å². The Bertz CT molecular complexity index is 709. The maximum atomic E-state index is 13.6. The summed E-state index contributed by atoms with van der Waals surface area (Å²) in [6.45, 7) is 0. The number of phenolic OH excluding ortho intramolecular Hbond substituents is 1. The first kappa shape index (κ1) is 12.4. The molecule has 1 aromatic heterocycles. The monoisotopic (exact) mass is 272 g/mol. The Hall–Kier alpha value is -2.09. The molecule has 2 aromatic rings. The van der Waals surface area contributed by atoms with Gasteiger partial charge in [-0.2, -0.15) is 0 Å². The van der Waals surface area contributed by atoms with Crippen LogP contribution in [0.3, 0.4) is 0 Å². The van der Waals surface area contributed by atoms with Gasteiger partial charge in [0.1, 0.15) is 16.5 Å². The van der Waals surface area contributed by atoms with Gasteiger partial charge in [0.15, 0.2) is 21.4 Å². The predicted molar refractivity (Wildman–Crippen MR) is 61.1 cm³/mol. The zero-order chi connectivity index (χ0) is 13.5. The van der Waals surface area contributed by atoms with E-state index in [4.69, 9.17) is 10.3 Å². The average molecular weight is 272 g/mol. The molecule has 1 aromatic carbocycles. The van der Waals surface area contributed by atoms with Crippen LogP contribution in [0, 0.1) is 5.82 Å². The first-order valence-electron chi connectivity index (χ1n) is 4.74. The van der Waals surface area contributed by atoms with E-state index < -0.39 is 26.3 Å². The van der Waals surface area contributed by atoms with Crippen molar-refractivity contribution in [3.63, 3.8) is 0 Å². The number of nitrogens with zero attached hydrogens (tertiary/aromatic N) is 1. The van der Waals surface area contributed by atoms with E-state index >= 15 is 0 Å². The van der Waals surface area contributed by atoms with Crippen molar-refractivity contribution in [2.75, 3.05) is 12.0 Å². The molecule has 0 bridgehead atoms. The van der Waals surface area contributed by atoms with Crippen molar-refractivity contribution in [3.05, 3.63) is 24.0 Å². The SMILES string of the molecule is CS(=O)(=O)c1cc(O)c(-c2cc(N)no2)cc1F. The number of nitrogens with two attached hydrogens (primary N) is 1. The molecule has 1 heterocycles. The molecule has 2 rings (SSSR count). The molecule has 0 saturated carbocycles. The summed E-state index contributed by atoms with van der Waals surface area (Å²) in [6.07, 6.45) is 0.844. The molecule has 18 heavy (non-hydrogen) atoms. The zero-order valence-corrected chi connectivity index (χ0v) is 10.0. The van der Waals surface area contributed by atoms with Crippen LogP contribution >= 0.6 is 0 Å². The van der Waals surface area contributed by atoms with Crippen LogP contribution in [-0.4, -0.2) is 24.9 Å². The highest BCUT2D eigenvalue weighted by Crippen LogP contribution is 2.33. The van der Waals surface area contributed by atoms with Crippen molar-refractivity contribution < 1.29 is 22.4 Å². The number of rotatable bonds is 2. The number of anilines is 1. The summed E-state index contributed by atoms with van der Waals surface area (Å²) in [4.78, 5) is -0.587. The van der Waals surface area contributed by atoms with E-state index in [0.717, 1.165) is 18.4 Å². The Morgan fingerprint density at radius 2 is 2.06 bits per heavy atom. The predicted octanol–water partition coefficient (Wildman–Crippen LogP) is 1.17. The number of halogens is 1. The number of hydrogen-bond acceptors (Lipinski definition) is 6. The van der Waals surface area contributed by atoms with Gasteiger partial charge in [0.05, 0.1) is 5.56 Å². The second-order valence-electron chi connectivity index (χ2n) is 3.69. The quantitative estimate of drug-likeness (QED) is 0.850. The first-order chi connectivity index (χ1) is 8.29. The summed E-state index contributed by atoms with van der Waals surface area (Å²) in [5, 5.41) is 13.1. The summed E-state index contributed by atoms with van der Waals surface area (Å²) in [7, 11) is -3.76. The average Bonchev–Trinajstić information content (AvgIpc) is 2.66. The van der Waals surface area contributed by atoms with Crippen LogP contribution in [0.15, 0.2) is 27.6 Å². The van der Waals surface area contributed by atoms with Gasteiger partial charge < -0.3 is 15.4 Å². The van der Waals surface area contributed by atoms with Crippen LogP contribution in [-0.2, 0) is 9.84 Å². The maximum absolute atomic E-state index is 13.6. The van der Waals surface area contributed by atoms with Crippen LogP contribution in [0.4, 0.5) is 10.2 Å². The van der Waals surface area contributed by atoms with E-state index in [1.165, 1.54) is 6.07 Å². The van der Waals surface area contributed by atoms with Crippen LogP contribution in [0.25, 0.3) is 11.3 Å². The van der Waals surface area contributed by atoms with E-state index in [-0.39, 0.29) is 17.1 Å². The van der Waals surface area contributed by atoms with Crippen molar-refractivity contribution >= 4 is 15.7 Å². The highest BCUT2D eigenvalue weighted by molar-refractivity contribution is 7.90. The smallest absolute Gasteiger partial charge is 0.178 e. The number of aromatic hydroxyl groups is 1. The van der Waals surface area contributed by atoms with Crippen molar-refractivity contribution in [2.45, 2.75) is 4.90 Å². The molecule has 0 spiro atoms. The van der Waals surface area contributed by atoms with Gasteiger partial charge in [0.2, 0.25) is 0 Å². The van der Waals surface area contributed by atoms with Gasteiger partial charge in [0.25, 0.3) is 0 Å². The van der Waals surface area contributed by atoms with E-state index in [2.05, 4.69) is 5.16 Å². The Morgan fingerprint density at radius 1 is 1.39 bits per heavy atom. The summed E-state index contributed by atoms with van der Waals surface area (Å²) in [5.74, 6) is -1.31. The van der Waals surface area contributed by atoms with Crippen molar-refractivity contribution in [3.8, 4) is 17.1 Å². The molecule has 0 radical (unpaired) electrons. The number of benzene rings is 1. The molecule has 3 N–H and O–H groups in total. The van der Waals surface area contributed by atoms with Gasteiger partial charge >= 0.3 is 0 Å². The second-order valence-corrected chi connectivity index (χ2v) is 5.67. The second kappa shape index (κ2) is 3.98. The Kier molecular flexibility index (Phi) is 2.74. The zero-order valence-electron chi connectivity index (χ0n) is 9.21. The lowest BCUT2D eigenvalue weighted by Crippen LogP contribution is -2.01. The standard InChI is InChI=1S/C10H9FN2O4S/c1-18(15,16)9-3-7(14)5(2-6(9)11)8-4-10(12)13-17-8/h2-4,14H,1H3,(H2,12,13). The van der Waals surface area contributed by atoms with Crippen molar-refractivity contribution in [1.82, 2.24) is 5.16 Å². The Morgan fingerprint density at radius 3 is 2.56 bits per heavy atom. The molecule has 0 aliphatic rings. The molecule has 0 unspecified atom stereocenters.